The van der Waals surface area contributed by atoms with Crippen LogP contribution in [0.1, 0.15) is 18.3 Å². The van der Waals surface area contributed by atoms with Crippen LogP contribution in [-0.2, 0) is 27.2 Å². The molecule has 0 spiro atoms. The summed E-state index contributed by atoms with van der Waals surface area (Å²) < 4.78 is 4.70. The Kier molecular flexibility index (Phi) is 7.55. The number of pyridine rings is 2. The summed E-state index contributed by atoms with van der Waals surface area (Å²) in [4.78, 5) is 31.0. The monoisotopic (exact) mass is 297 g/mol. The number of hydrogen-bond acceptors (Lipinski definition) is 6. The molecule has 0 bridgehead atoms. The molecule has 0 aliphatic carbocycles. The van der Waals surface area contributed by atoms with Gasteiger partial charge in [0.2, 0.25) is 0 Å². The van der Waals surface area contributed by atoms with Crippen molar-refractivity contribution < 1.29 is 14.3 Å². The van der Waals surface area contributed by atoms with Gasteiger partial charge in [-0.1, -0.05) is 12.1 Å². The van der Waals surface area contributed by atoms with Gasteiger partial charge in [0.1, 0.15) is 0 Å². The first-order valence-electron chi connectivity index (χ1n) is 6.50. The van der Waals surface area contributed by atoms with E-state index in [1.54, 1.807) is 54.9 Å². The van der Waals surface area contributed by atoms with Crippen LogP contribution >= 0.6 is 0 Å². The van der Waals surface area contributed by atoms with Crippen molar-refractivity contribution in [1.29, 1.82) is 5.26 Å². The Morgan fingerprint density at radius 1 is 1.00 bits per heavy atom. The molecule has 2 aromatic heterocycles. The molecule has 6 heteroatoms. The van der Waals surface area contributed by atoms with E-state index >= 15 is 0 Å². The lowest BCUT2D eigenvalue weighted by atomic mass is 10.2. The van der Waals surface area contributed by atoms with Crippen molar-refractivity contribution in [3.05, 3.63) is 60.2 Å². The zero-order valence-electron chi connectivity index (χ0n) is 12.1. The number of esters is 2. The van der Waals surface area contributed by atoms with Gasteiger partial charge in [-0.2, -0.15) is 5.26 Å². The van der Waals surface area contributed by atoms with Gasteiger partial charge >= 0.3 is 11.9 Å². The summed E-state index contributed by atoms with van der Waals surface area (Å²) in [5, 5.41) is 7.32. The SMILES string of the molecule is CC#N.O=C(Cc1ccccn1)OC(=O)Cc1ccccn1. The number of nitrogens with zero attached hydrogens (tertiary/aromatic N) is 3. The fourth-order valence-electron chi connectivity index (χ4n) is 1.50. The molecule has 0 aromatic carbocycles. The summed E-state index contributed by atoms with van der Waals surface area (Å²) in [5.41, 5.74) is 1.14. The molecule has 6 nitrogen and oxygen atoms in total. The van der Waals surface area contributed by atoms with Crippen molar-refractivity contribution >= 4 is 11.9 Å². The molecule has 2 aromatic rings. The van der Waals surface area contributed by atoms with Gasteiger partial charge in [-0.3, -0.25) is 19.6 Å². The van der Waals surface area contributed by atoms with E-state index < -0.39 is 11.9 Å². The van der Waals surface area contributed by atoms with Gasteiger partial charge in [-0.25, -0.2) is 0 Å². The first-order chi connectivity index (χ1) is 10.7. The third-order valence-electron chi connectivity index (χ3n) is 2.33. The Hall–Kier alpha value is -3.07. The molecule has 0 atom stereocenters. The average molecular weight is 297 g/mol. The van der Waals surface area contributed by atoms with Gasteiger partial charge in [-0.05, 0) is 24.3 Å². The van der Waals surface area contributed by atoms with Gasteiger partial charge in [0, 0.05) is 19.3 Å². The summed E-state index contributed by atoms with van der Waals surface area (Å²) in [5.74, 6) is -1.22. The van der Waals surface area contributed by atoms with Crippen molar-refractivity contribution in [3.8, 4) is 6.07 Å². The molecular weight excluding hydrogens is 282 g/mol. The van der Waals surface area contributed by atoms with Crippen LogP contribution < -0.4 is 0 Å². The lowest BCUT2D eigenvalue weighted by Gasteiger charge is -2.02. The Morgan fingerprint density at radius 3 is 1.73 bits per heavy atom. The predicted octanol–water partition coefficient (Wildman–Crippen LogP) is 1.86. The summed E-state index contributed by atoms with van der Waals surface area (Å²) >= 11 is 0. The van der Waals surface area contributed by atoms with E-state index in [1.165, 1.54) is 6.92 Å². The van der Waals surface area contributed by atoms with Crippen molar-refractivity contribution in [2.75, 3.05) is 0 Å². The molecule has 112 valence electrons. The van der Waals surface area contributed by atoms with Gasteiger partial charge in [0.15, 0.2) is 0 Å². The molecule has 0 aliphatic heterocycles. The van der Waals surface area contributed by atoms with Crippen LogP contribution in [0.4, 0.5) is 0 Å². The highest BCUT2D eigenvalue weighted by Gasteiger charge is 2.12. The minimum Gasteiger partial charge on any atom is -0.393 e. The number of hydrogen-bond donors (Lipinski definition) is 0. The molecular formula is C16H15N3O3. The van der Waals surface area contributed by atoms with Crippen LogP contribution in [0.2, 0.25) is 0 Å². The number of nitriles is 1. The maximum atomic E-state index is 11.5. The molecule has 0 aliphatic rings. The van der Waals surface area contributed by atoms with Crippen molar-refractivity contribution in [1.82, 2.24) is 9.97 Å². The van der Waals surface area contributed by atoms with Crippen LogP contribution in [0.3, 0.4) is 0 Å². The van der Waals surface area contributed by atoms with E-state index in [0.717, 1.165) is 0 Å². The van der Waals surface area contributed by atoms with E-state index in [9.17, 15) is 9.59 Å². The second-order valence-electron chi connectivity index (χ2n) is 4.07. The largest absolute Gasteiger partial charge is 0.393 e. The number of ether oxygens (including phenoxy) is 1. The van der Waals surface area contributed by atoms with Gasteiger partial charge in [0.25, 0.3) is 0 Å². The maximum absolute atomic E-state index is 11.5. The molecule has 0 N–H and O–H groups in total. The van der Waals surface area contributed by atoms with Crippen molar-refractivity contribution in [2.45, 2.75) is 19.8 Å². The summed E-state index contributed by atoms with van der Waals surface area (Å²) in [6.45, 7) is 1.43. The first-order valence-corrected chi connectivity index (χ1v) is 6.50. The van der Waals surface area contributed by atoms with Gasteiger partial charge in [0.05, 0.1) is 30.3 Å². The average Bonchev–Trinajstić information content (AvgIpc) is 2.49. The highest BCUT2D eigenvalue weighted by molar-refractivity contribution is 5.87. The Morgan fingerprint density at radius 2 is 1.41 bits per heavy atom. The highest BCUT2D eigenvalue weighted by atomic mass is 16.6. The third kappa shape index (κ3) is 6.91. The molecule has 0 radical (unpaired) electrons. The van der Waals surface area contributed by atoms with Crippen LogP contribution in [0.5, 0.6) is 0 Å². The predicted molar refractivity (Wildman–Crippen MR) is 78.3 cm³/mol. The second-order valence-corrected chi connectivity index (χ2v) is 4.07. The first kappa shape index (κ1) is 17.0. The Balaban J connectivity index is 0.000000745. The standard InChI is InChI=1S/C14H12N2O3.C2H3N/c17-13(9-11-5-1-3-7-15-11)19-14(18)10-12-6-2-4-8-16-12;1-2-3/h1-8H,9-10H2;1H3. The number of rotatable bonds is 4. The molecule has 0 saturated carbocycles. The second kappa shape index (κ2) is 9.77. The van der Waals surface area contributed by atoms with Crippen LogP contribution in [-0.4, -0.2) is 21.9 Å². The zero-order chi connectivity index (χ0) is 16.2. The maximum Gasteiger partial charge on any atom is 0.319 e. The third-order valence-corrected chi connectivity index (χ3v) is 2.33. The quantitative estimate of drug-likeness (QED) is 0.631. The lowest BCUT2D eigenvalue weighted by Crippen LogP contribution is -2.17. The number of carbonyl (C=O) groups excluding carboxylic acids is 2. The fourth-order valence-corrected chi connectivity index (χ4v) is 1.50. The minimum absolute atomic E-state index is 0.0190. The Labute approximate surface area is 128 Å². The highest BCUT2D eigenvalue weighted by Crippen LogP contribution is 2.00. The van der Waals surface area contributed by atoms with Crippen molar-refractivity contribution in [3.63, 3.8) is 0 Å². The molecule has 2 heterocycles. The molecule has 2 rings (SSSR count). The van der Waals surface area contributed by atoms with E-state index in [0.29, 0.717) is 11.4 Å². The van der Waals surface area contributed by atoms with E-state index in [1.807, 2.05) is 0 Å². The normalized spacial score (nSPS) is 8.91. The summed E-state index contributed by atoms with van der Waals surface area (Å²) in [7, 11) is 0. The van der Waals surface area contributed by atoms with Crippen molar-refractivity contribution in [2.24, 2.45) is 0 Å². The number of carbonyl (C=O) groups is 2. The fraction of sp³-hybridized carbons (Fsp3) is 0.188. The number of aromatic nitrogens is 2. The van der Waals surface area contributed by atoms with Gasteiger partial charge < -0.3 is 4.74 Å². The summed E-state index contributed by atoms with van der Waals surface area (Å²) in [6, 6.07) is 12.2. The molecule has 0 amide bonds. The van der Waals surface area contributed by atoms with E-state index in [-0.39, 0.29) is 12.8 Å². The van der Waals surface area contributed by atoms with E-state index in [2.05, 4.69) is 9.97 Å². The molecule has 0 unspecified atom stereocenters. The topological polar surface area (TPSA) is 92.9 Å². The summed E-state index contributed by atoms with van der Waals surface area (Å²) in [6.07, 6.45) is 3.13. The zero-order valence-corrected chi connectivity index (χ0v) is 12.1. The molecule has 0 fully saturated rings. The minimum atomic E-state index is -0.611. The smallest absolute Gasteiger partial charge is 0.319 e. The molecule has 22 heavy (non-hydrogen) atoms. The lowest BCUT2D eigenvalue weighted by molar-refractivity contribution is -0.158. The van der Waals surface area contributed by atoms with Crippen LogP contribution in [0.25, 0.3) is 0 Å². The molecule has 0 saturated heterocycles. The van der Waals surface area contributed by atoms with Crippen LogP contribution in [0.15, 0.2) is 48.8 Å². The Bertz CT molecular complexity index is 585. The van der Waals surface area contributed by atoms with Crippen LogP contribution in [0, 0.1) is 11.3 Å². The van der Waals surface area contributed by atoms with Gasteiger partial charge in [-0.15, -0.1) is 0 Å². The van der Waals surface area contributed by atoms with E-state index in [4.69, 9.17) is 10.00 Å².